The highest BCUT2D eigenvalue weighted by molar-refractivity contribution is 7.89. The maximum absolute atomic E-state index is 13.6. The highest BCUT2D eigenvalue weighted by atomic mass is 32.2. The number of nitrogen functional groups attached to an aromatic ring is 1. The predicted molar refractivity (Wildman–Crippen MR) is 67.0 cm³/mol. The second-order valence-electron chi connectivity index (χ2n) is 4.05. The Bertz CT molecular complexity index is 527. The molecule has 0 saturated heterocycles. The number of anilines is 1. The van der Waals surface area contributed by atoms with Crippen LogP contribution in [0.4, 0.5) is 10.1 Å². The highest BCUT2D eigenvalue weighted by Crippen LogP contribution is 2.21. The van der Waals surface area contributed by atoms with Crippen molar-refractivity contribution in [3.63, 3.8) is 0 Å². The molecule has 102 valence electrons. The normalized spacial score (nSPS) is 13.6. The quantitative estimate of drug-likeness (QED) is 0.692. The van der Waals surface area contributed by atoms with E-state index in [2.05, 4.69) is 4.72 Å². The fourth-order valence-corrected chi connectivity index (χ4v) is 2.81. The number of aliphatic hydroxyl groups is 1. The fraction of sp³-hybridized carbons (Fsp3) is 0.455. The van der Waals surface area contributed by atoms with E-state index < -0.39 is 26.8 Å². The van der Waals surface area contributed by atoms with Gasteiger partial charge in [0.1, 0.15) is 10.7 Å². The molecule has 5 nitrogen and oxygen atoms in total. The molecule has 0 aliphatic carbocycles. The first-order valence-electron chi connectivity index (χ1n) is 5.50. The van der Waals surface area contributed by atoms with Crippen LogP contribution in [0.15, 0.2) is 17.0 Å². The van der Waals surface area contributed by atoms with Crippen molar-refractivity contribution < 1.29 is 17.9 Å². The van der Waals surface area contributed by atoms with Gasteiger partial charge in [-0.05, 0) is 31.0 Å². The van der Waals surface area contributed by atoms with E-state index in [0.29, 0.717) is 12.0 Å². The molecule has 1 atom stereocenters. The van der Waals surface area contributed by atoms with Gasteiger partial charge in [0.15, 0.2) is 0 Å². The molecule has 0 aromatic heterocycles. The van der Waals surface area contributed by atoms with E-state index in [1.54, 1.807) is 13.8 Å². The monoisotopic (exact) mass is 276 g/mol. The molecule has 7 heteroatoms. The van der Waals surface area contributed by atoms with Crippen LogP contribution in [-0.2, 0) is 10.0 Å². The van der Waals surface area contributed by atoms with Gasteiger partial charge in [-0.3, -0.25) is 0 Å². The molecule has 18 heavy (non-hydrogen) atoms. The number of hydrogen-bond acceptors (Lipinski definition) is 4. The summed E-state index contributed by atoms with van der Waals surface area (Å²) in [6.07, 6.45) is 0.401. The van der Waals surface area contributed by atoms with Gasteiger partial charge in [-0.15, -0.1) is 0 Å². The first-order chi connectivity index (χ1) is 8.31. The Morgan fingerprint density at radius 1 is 1.50 bits per heavy atom. The molecule has 1 aromatic rings. The van der Waals surface area contributed by atoms with Crippen molar-refractivity contribution in [1.82, 2.24) is 4.72 Å². The molecule has 0 aliphatic heterocycles. The largest absolute Gasteiger partial charge is 0.398 e. The zero-order valence-electron chi connectivity index (χ0n) is 10.3. The standard InChI is InChI=1S/C11H17FN2O3S/c1-3-8(6-15)14-18(16,17)11-5-10(13)7(2)4-9(11)12/h4-5,8,14-15H,3,6,13H2,1-2H3/t8-/m1/s1. The maximum atomic E-state index is 13.6. The summed E-state index contributed by atoms with van der Waals surface area (Å²) in [7, 11) is -4.02. The molecule has 1 rings (SSSR count). The van der Waals surface area contributed by atoms with Gasteiger partial charge in [-0.2, -0.15) is 0 Å². The SMILES string of the molecule is CC[C@H](CO)NS(=O)(=O)c1cc(N)c(C)cc1F. The molecular weight excluding hydrogens is 259 g/mol. The van der Waals surface area contributed by atoms with Crippen molar-refractivity contribution in [3.8, 4) is 0 Å². The van der Waals surface area contributed by atoms with Gasteiger partial charge < -0.3 is 10.8 Å². The molecular formula is C11H17FN2O3S. The minimum Gasteiger partial charge on any atom is -0.398 e. The number of nitrogens with two attached hydrogens (primary N) is 1. The molecule has 0 heterocycles. The van der Waals surface area contributed by atoms with E-state index in [-0.39, 0.29) is 12.3 Å². The van der Waals surface area contributed by atoms with Crippen LogP contribution in [0, 0.1) is 12.7 Å². The van der Waals surface area contributed by atoms with Crippen LogP contribution >= 0.6 is 0 Å². The molecule has 0 unspecified atom stereocenters. The smallest absolute Gasteiger partial charge is 0.243 e. The topological polar surface area (TPSA) is 92.4 Å². The lowest BCUT2D eigenvalue weighted by Gasteiger charge is -2.15. The lowest BCUT2D eigenvalue weighted by molar-refractivity contribution is 0.253. The zero-order valence-corrected chi connectivity index (χ0v) is 11.1. The average Bonchev–Trinajstić information content (AvgIpc) is 2.30. The van der Waals surface area contributed by atoms with Crippen molar-refractivity contribution in [2.24, 2.45) is 0 Å². The first-order valence-corrected chi connectivity index (χ1v) is 6.99. The molecule has 0 radical (unpaired) electrons. The van der Waals surface area contributed by atoms with Crippen molar-refractivity contribution in [3.05, 3.63) is 23.5 Å². The number of halogens is 1. The number of aryl methyl sites for hydroxylation is 1. The third-order valence-electron chi connectivity index (χ3n) is 2.65. The molecule has 4 N–H and O–H groups in total. The van der Waals surface area contributed by atoms with Crippen LogP contribution in [0.1, 0.15) is 18.9 Å². The van der Waals surface area contributed by atoms with E-state index in [1.165, 1.54) is 0 Å². The highest BCUT2D eigenvalue weighted by Gasteiger charge is 2.23. The Balaban J connectivity index is 3.16. The second-order valence-corrected chi connectivity index (χ2v) is 5.73. The van der Waals surface area contributed by atoms with Crippen LogP contribution < -0.4 is 10.5 Å². The Hall–Kier alpha value is -1.18. The molecule has 0 spiro atoms. The van der Waals surface area contributed by atoms with Gasteiger partial charge in [0.05, 0.1) is 6.61 Å². The van der Waals surface area contributed by atoms with Crippen LogP contribution in [0.3, 0.4) is 0 Å². The summed E-state index contributed by atoms with van der Waals surface area (Å²) in [5.74, 6) is -0.859. The summed E-state index contributed by atoms with van der Waals surface area (Å²) in [5.41, 5.74) is 6.25. The number of benzene rings is 1. The van der Waals surface area contributed by atoms with E-state index in [1.807, 2.05) is 0 Å². The van der Waals surface area contributed by atoms with Gasteiger partial charge in [-0.1, -0.05) is 6.92 Å². The maximum Gasteiger partial charge on any atom is 0.243 e. The van der Waals surface area contributed by atoms with Crippen molar-refractivity contribution in [2.45, 2.75) is 31.2 Å². The molecule has 0 amide bonds. The molecule has 0 bridgehead atoms. The van der Waals surface area contributed by atoms with E-state index in [9.17, 15) is 12.8 Å². The van der Waals surface area contributed by atoms with Crippen molar-refractivity contribution in [1.29, 1.82) is 0 Å². The summed E-state index contributed by atoms with van der Waals surface area (Å²) >= 11 is 0. The van der Waals surface area contributed by atoms with E-state index >= 15 is 0 Å². The van der Waals surface area contributed by atoms with Crippen LogP contribution in [0.5, 0.6) is 0 Å². The number of aliphatic hydroxyl groups excluding tert-OH is 1. The van der Waals surface area contributed by atoms with Gasteiger partial charge in [0.2, 0.25) is 10.0 Å². The molecule has 0 saturated carbocycles. The van der Waals surface area contributed by atoms with Gasteiger partial charge >= 0.3 is 0 Å². The van der Waals surface area contributed by atoms with Crippen molar-refractivity contribution >= 4 is 15.7 Å². The predicted octanol–water partition coefficient (Wildman–Crippen LogP) is 0.766. The number of nitrogens with one attached hydrogen (secondary N) is 1. The van der Waals surface area contributed by atoms with E-state index in [4.69, 9.17) is 10.8 Å². The number of sulfonamides is 1. The van der Waals surface area contributed by atoms with E-state index in [0.717, 1.165) is 12.1 Å². The lowest BCUT2D eigenvalue weighted by Crippen LogP contribution is -2.37. The Kier molecular flexibility index (Phi) is 4.66. The summed E-state index contributed by atoms with van der Waals surface area (Å²) in [6.45, 7) is 2.95. The lowest BCUT2D eigenvalue weighted by atomic mass is 10.2. The summed E-state index contributed by atoms with van der Waals surface area (Å²) in [5, 5.41) is 8.96. The van der Waals surface area contributed by atoms with Crippen LogP contribution in [0.2, 0.25) is 0 Å². The third kappa shape index (κ3) is 3.18. The third-order valence-corrected chi connectivity index (χ3v) is 4.18. The fourth-order valence-electron chi connectivity index (χ4n) is 1.41. The molecule has 1 aromatic carbocycles. The van der Waals surface area contributed by atoms with Crippen LogP contribution in [0.25, 0.3) is 0 Å². The van der Waals surface area contributed by atoms with Gasteiger partial charge in [0, 0.05) is 11.7 Å². The second kappa shape index (κ2) is 5.64. The van der Waals surface area contributed by atoms with Crippen molar-refractivity contribution in [2.75, 3.05) is 12.3 Å². The molecule has 0 fully saturated rings. The Morgan fingerprint density at radius 3 is 2.61 bits per heavy atom. The summed E-state index contributed by atoms with van der Waals surface area (Å²) in [6, 6.07) is 1.51. The van der Waals surface area contributed by atoms with Gasteiger partial charge in [0.25, 0.3) is 0 Å². The first kappa shape index (κ1) is 14.9. The van der Waals surface area contributed by atoms with Crippen LogP contribution in [-0.4, -0.2) is 26.2 Å². The van der Waals surface area contributed by atoms with Gasteiger partial charge in [-0.25, -0.2) is 17.5 Å². The number of hydrogen-bond donors (Lipinski definition) is 3. The minimum atomic E-state index is -4.02. The summed E-state index contributed by atoms with van der Waals surface area (Å²) in [4.78, 5) is -0.502. The zero-order chi connectivity index (χ0) is 13.9. The molecule has 0 aliphatic rings. The minimum absolute atomic E-state index is 0.203. The Morgan fingerprint density at radius 2 is 2.11 bits per heavy atom. The Labute approximate surface area is 106 Å². The number of rotatable bonds is 5. The average molecular weight is 276 g/mol. The summed E-state index contributed by atoms with van der Waals surface area (Å²) < 4.78 is 39.7.